The Bertz CT molecular complexity index is 129. The zero-order valence-electron chi connectivity index (χ0n) is 9.69. The molecule has 0 aromatic rings. The van der Waals surface area contributed by atoms with Crippen molar-refractivity contribution in [2.24, 2.45) is 0 Å². The molecule has 0 spiro atoms. The van der Waals surface area contributed by atoms with Crippen LogP contribution >= 0.6 is 0 Å². The van der Waals surface area contributed by atoms with Crippen LogP contribution < -0.4 is 0 Å². The molecule has 86 valence electrons. The topological polar surface area (TPSA) is 41.9 Å². The Kier molecular flexibility index (Phi) is 8.08. The standard InChI is InChI=1S/C10H23NO3/c1-5-11(6-2)7-9(12)10(14-4)8-13-3/h9-10,12H,5-8H2,1-4H3. The number of ether oxygens (including phenoxy) is 2. The Morgan fingerprint density at radius 2 is 1.79 bits per heavy atom. The van der Waals surface area contributed by atoms with Crippen LogP contribution in [0.1, 0.15) is 13.8 Å². The summed E-state index contributed by atoms with van der Waals surface area (Å²) in [6.07, 6.45) is -0.722. The first-order valence-corrected chi connectivity index (χ1v) is 5.11. The second-order valence-electron chi connectivity index (χ2n) is 3.28. The van der Waals surface area contributed by atoms with E-state index in [0.29, 0.717) is 13.2 Å². The molecule has 0 saturated heterocycles. The lowest BCUT2D eigenvalue weighted by atomic mass is 10.2. The van der Waals surface area contributed by atoms with Crippen molar-refractivity contribution >= 4 is 0 Å². The van der Waals surface area contributed by atoms with Crippen LogP contribution in [0.3, 0.4) is 0 Å². The highest BCUT2D eigenvalue weighted by atomic mass is 16.5. The largest absolute Gasteiger partial charge is 0.389 e. The van der Waals surface area contributed by atoms with Gasteiger partial charge in [0.2, 0.25) is 0 Å². The molecule has 4 heteroatoms. The predicted octanol–water partition coefficient (Wildman–Crippen LogP) is 0.350. The molecular weight excluding hydrogens is 182 g/mol. The normalized spacial score (nSPS) is 15.9. The molecule has 0 rings (SSSR count). The van der Waals surface area contributed by atoms with E-state index >= 15 is 0 Å². The molecule has 0 aromatic heterocycles. The van der Waals surface area contributed by atoms with Crippen molar-refractivity contribution in [1.82, 2.24) is 4.90 Å². The summed E-state index contributed by atoms with van der Waals surface area (Å²) < 4.78 is 10.1. The molecule has 0 aromatic carbocycles. The van der Waals surface area contributed by atoms with E-state index in [9.17, 15) is 5.11 Å². The Labute approximate surface area is 86.8 Å². The van der Waals surface area contributed by atoms with Crippen LogP contribution in [0.15, 0.2) is 0 Å². The van der Waals surface area contributed by atoms with Gasteiger partial charge < -0.3 is 19.5 Å². The Balaban J connectivity index is 3.94. The molecule has 0 aliphatic heterocycles. The molecule has 0 bridgehead atoms. The van der Waals surface area contributed by atoms with E-state index in [1.807, 2.05) is 0 Å². The number of methoxy groups -OCH3 is 2. The fraction of sp³-hybridized carbons (Fsp3) is 1.00. The number of hydrogen-bond acceptors (Lipinski definition) is 4. The zero-order chi connectivity index (χ0) is 11.0. The Morgan fingerprint density at radius 1 is 1.21 bits per heavy atom. The monoisotopic (exact) mass is 205 g/mol. The van der Waals surface area contributed by atoms with Gasteiger partial charge in [0.05, 0.1) is 12.7 Å². The highest BCUT2D eigenvalue weighted by Gasteiger charge is 2.20. The first-order valence-electron chi connectivity index (χ1n) is 5.11. The molecule has 0 amide bonds. The lowest BCUT2D eigenvalue weighted by molar-refractivity contribution is -0.0605. The molecule has 2 atom stereocenters. The van der Waals surface area contributed by atoms with Crippen LogP contribution in [-0.2, 0) is 9.47 Å². The van der Waals surface area contributed by atoms with Gasteiger partial charge in [-0.3, -0.25) is 0 Å². The van der Waals surface area contributed by atoms with Gasteiger partial charge in [-0.05, 0) is 13.1 Å². The van der Waals surface area contributed by atoms with E-state index in [0.717, 1.165) is 13.1 Å². The lowest BCUT2D eigenvalue weighted by Gasteiger charge is -2.26. The third-order valence-electron chi connectivity index (χ3n) is 2.40. The van der Waals surface area contributed by atoms with Crippen molar-refractivity contribution in [3.63, 3.8) is 0 Å². The maximum atomic E-state index is 9.83. The fourth-order valence-electron chi connectivity index (χ4n) is 1.36. The molecule has 0 aliphatic rings. The summed E-state index contributed by atoms with van der Waals surface area (Å²) in [5.41, 5.74) is 0. The minimum atomic E-state index is -0.486. The first-order chi connectivity index (χ1) is 6.69. The maximum Gasteiger partial charge on any atom is 0.107 e. The van der Waals surface area contributed by atoms with Crippen molar-refractivity contribution in [2.45, 2.75) is 26.1 Å². The molecule has 0 aliphatic carbocycles. The van der Waals surface area contributed by atoms with E-state index in [1.54, 1.807) is 14.2 Å². The smallest absolute Gasteiger partial charge is 0.107 e. The first kappa shape index (κ1) is 13.8. The van der Waals surface area contributed by atoms with E-state index in [1.165, 1.54) is 0 Å². The highest BCUT2D eigenvalue weighted by molar-refractivity contribution is 4.72. The van der Waals surface area contributed by atoms with Gasteiger partial charge in [0.1, 0.15) is 6.10 Å². The molecular formula is C10H23NO3. The molecule has 4 nitrogen and oxygen atoms in total. The summed E-state index contributed by atoms with van der Waals surface area (Å²) >= 11 is 0. The number of aliphatic hydroxyl groups excluding tert-OH is 1. The summed E-state index contributed by atoms with van der Waals surface area (Å²) in [5, 5.41) is 9.83. The second kappa shape index (κ2) is 8.17. The summed E-state index contributed by atoms with van der Waals surface area (Å²) in [6.45, 7) is 7.10. The van der Waals surface area contributed by atoms with Crippen molar-refractivity contribution in [1.29, 1.82) is 0 Å². The SMILES string of the molecule is CCN(CC)CC(O)C(COC)OC. The van der Waals surface area contributed by atoms with Crippen molar-refractivity contribution in [2.75, 3.05) is 40.5 Å². The van der Waals surface area contributed by atoms with Gasteiger partial charge in [-0.2, -0.15) is 0 Å². The van der Waals surface area contributed by atoms with Gasteiger partial charge in [0, 0.05) is 20.8 Å². The molecule has 2 unspecified atom stereocenters. The minimum absolute atomic E-state index is 0.236. The van der Waals surface area contributed by atoms with E-state index in [4.69, 9.17) is 9.47 Å². The number of aliphatic hydroxyl groups is 1. The summed E-state index contributed by atoms with van der Waals surface area (Å²) in [4.78, 5) is 2.16. The van der Waals surface area contributed by atoms with Crippen LogP contribution in [0.2, 0.25) is 0 Å². The minimum Gasteiger partial charge on any atom is -0.389 e. The molecule has 14 heavy (non-hydrogen) atoms. The van der Waals surface area contributed by atoms with Crippen molar-refractivity contribution < 1.29 is 14.6 Å². The van der Waals surface area contributed by atoms with Crippen LogP contribution in [0, 0.1) is 0 Å². The summed E-state index contributed by atoms with van der Waals surface area (Å²) in [7, 11) is 3.20. The van der Waals surface area contributed by atoms with E-state index < -0.39 is 6.10 Å². The Hall–Kier alpha value is -0.160. The van der Waals surface area contributed by atoms with Gasteiger partial charge in [0.25, 0.3) is 0 Å². The van der Waals surface area contributed by atoms with Crippen molar-refractivity contribution in [3.05, 3.63) is 0 Å². The third kappa shape index (κ3) is 4.91. The van der Waals surface area contributed by atoms with Gasteiger partial charge >= 0.3 is 0 Å². The number of hydrogen-bond donors (Lipinski definition) is 1. The van der Waals surface area contributed by atoms with Gasteiger partial charge in [-0.1, -0.05) is 13.8 Å². The summed E-state index contributed by atoms with van der Waals surface area (Å²) in [5.74, 6) is 0. The predicted molar refractivity (Wildman–Crippen MR) is 56.5 cm³/mol. The quantitative estimate of drug-likeness (QED) is 0.621. The zero-order valence-corrected chi connectivity index (χ0v) is 9.69. The van der Waals surface area contributed by atoms with Gasteiger partial charge in [-0.25, -0.2) is 0 Å². The number of nitrogens with zero attached hydrogens (tertiary/aromatic N) is 1. The van der Waals surface area contributed by atoms with Gasteiger partial charge in [0.15, 0.2) is 0 Å². The second-order valence-corrected chi connectivity index (χ2v) is 3.28. The number of likely N-dealkylation sites (N-methyl/N-ethyl adjacent to an activating group) is 1. The molecule has 0 saturated carbocycles. The van der Waals surface area contributed by atoms with Gasteiger partial charge in [-0.15, -0.1) is 0 Å². The highest BCUT2D eigenvalue weighted by Crippen LogP contribution is 2.02. The molecule has 1 N–H and O–H groups in total. The van der Waals surface area contributed by atoms with Crippen LogP contribution in [0.25, 0.3) is 0 Å². The molecule has 0 fully saturated rings. The molecule has 0 radical (unpaired) electrons. The average Bonchev–Trinajstić information content (AvgIpc) is 2.22. The third-order valence-corrected chi connectivity index (χ3v) is 2.40. The van der Waals surface area contributed by atoms with Crippen LogP contribution in [0.4, 0.5) is 0 Å². The maximum absolute atomic E-state index is 9.83. The van der Waals surface area contributed by atoms with Crippen LogP contribution in [-0.4, -0.2) is 62.7 Å². The fourth-order valence-corrected chi connectivity index (χ4v) is 1.36. The van der Waals surface area contributed by atoms with Crippen LogP contribution in [0.5, 0.6) is 0 Å². The van der Waals surface area contributed by atoms with E-state index in [2.05, 4.69) is 18.7 Å². The van der Waals surface area contributed by atoms with Crippen molar-refractivity contribution in [3.8, 4) is 0 Å². The van der Waals surface area contributed by atoms with E-state index in [-0.39, 0.29) is 6.10 Å². The number of rotatable bonds is 8. The Morgan fingerprint density at radius 3 is 2.14 bits per heavy atom. The lowest BCUT2D eigenvalue weighted by Crippen LogP contribution is -2.42. The summed E-state index contributed by atoms with van der Waals surface area (Å²) in [6, 6.07) is 0. The molecule has 0 heterocycles. The average molecular weight is 205 g/mol.